The van der Waals surface area contributed by atoms with Gasteiger partial charge in [-0.25, -0.2) is 0 Å². The molecule has 0 radical (unpaired) electrons. The molecule has 1 unspecified atom stereocenters. The number of aromatic nitrogens is 1. The molecule has 0 aliphatic carbocycles. The zero-order chi connectivity index (χ0) is 25.7. The van der Waals surface area contributed by atoms with E-state index in [1.54, 1.807) is 42.7 Å². The minimum Gasteiger partial charge on any atom is -0.507 e. The standard InChI is InChI=1S/C29H30N2O5/c1-4-15-36-23-13-12-22(16-24(23)35-5-2)26-25(27(32)21-10-8-19(3)9-11-21)28(33)29(34)31(26)18-20-7-6-14-30-17-20/h6-14,16-17,26,32H,4-5,15,18H2,1-3H3. The van der Waals surface area contributed by atoms with Crippen LogP contribution in [0.4, 0.5) is 0 Å². The number of nitrogens with zero attached hydrogens (tertiary/aromatic N) is 2. The summed E-state index contributed by atoms with van der Waals surface area (Å²) in [6.07, 6.45) is 4.15. The lowest BCUT2D eigenvalue weighted by atomic mass is 9.94. The molecule has 2 aromatic carbocycles. The first-order chi connectivity index (χ1) is 17.4. The molecule has 1 atom stereocenters. The molecule has 1 aliphatic heterocycles. The van der Waals surface area contributed by atoms with E-state index in [0.717, 1.165) is 17.5 Å². The van der Waals surface area contributed by atoms with Gasteiger partial charge in [-0.15, -0.1) is 0 Å². The molecule has 7 nitrogen and oxygen atoms in total. The molecule has 2 heterocycles. The Morgan fingerprint density at radius 1 is 1.03 bits per heavy atom. The summed E-state index contributed by atoms with van der Waals surface area (Å²) in [4.78, 5) is 32.2. The summed E-state index contributed by atoms with van der Waals surface area (Å²) in [5, 5.41) is 11.3. The van der Waals surface area contributed by atoms with Crippen LogP contribution in [0.3, 0.4) is 0 Å². The number of rotatable bonds is 9. The number of ketones is 1. The highest BCUT2D eigenvalue weighted by molar-refractivity contribution is 6.46. The Hall–Kier alpha value is -4.13. The molecule has 4 rings (SSSR count). The van der Waals surface area contributed by atoms with Crippen LogP contribution in [0.15, 0.2) is 72.6 Å². The fraction of sp³-hybridized carbons (Fsp3) is 0.276. The average molecular weight is 487 g/mol. The van der Waals surface area contributed by atoms with Crippen molar-refractivity contribution in [1.82, 2.24) is 9.88 Å². The summed E-state index contributed by atoms with van der Waals surface area (Å²) < 4.78 is 11.7. The van der Waals surface area contributed by atoms with Crippen LogP contribution in [0.1, 0.15) is 48.6 Å². The Kier molecular flexibility index (Phi) is 7.68. The quantitative estimate of drug-likeness (QED) is 0.254. The second-order valence-corrected chi connectivity index (χ2v) is 8.64. The van der Waals surface area contributed by atoms with E-state index >= 15 is 0 Å². The summed E-state index contributed by atoms with van der Waals surface area (Å²) in [5.74, 6) is -0.514. The largest absolute Gasteiger partial charge is 0.507 e. The van der Waals surface area contributed by atoms with Crippen molar-refractivity contribution in [2.75, 3.05) is 13.2 Å². The predicted octanol–water partition coefficient (Wildman–Crippen LogP) is 5.20. The smallest absolute Gasteiger partial charge is 0.295 e. The van der Waals surface area contributed by atoms with Crippen molar-refractivity contribution >= 4 is 17.4 Å². The highest BCUT2D eigenvalue weighted by Crippen LogP contribution is 2.42. The van der Waals surface area contributed by atoms with E-state index in [-0.39, 0.29) is 17.9 Å². The van der Waals surface area contributed by atoms with Crippen molar-refractivity contribution in [3.63, 3.8) is 0 Å². The summed E-state index contributed by atoms with van der Waals surface area (Å²) in [6.45, 7) is 6.95. The number of carbonyl (C=O) groups is 2. The van der Waals surface area contributed by atoms with E-state index in [4.69, 9.17) is 9.47 Å². The first-order valence-electron chi connectivity index (χ1n) is 12.1. The van der Waals surface area contributed by atoms with Crippen molar-refractivity contribution in [1.29, 1.82) is 0 Å². The minimum atomic E-state index is -0.814. The Bertz CT molecular complexity index is 1270. The van der Waals surface area contributed by atoms with E-state index in [1.165, 1.54) is 4.90 Å². The molecule has 36 heavy (non-hydrogen) atoms. The first-order valence-corrected chi connectivity index (χ1v) is 12.1. The molecule has 0 saturated carbocycles. The van der Waals surface area contributed by atoms with Gasteiger partial charge in [-0.2, -0.15) is 0 Å². The van der Waals surface area contributed by atoms with Gasteiger partial charge in [0.15, 0.2) is 11.5 Å². The van der Waals surface area contributed by atoms with Gasteiger partial charge in [0.05, 0.1) is 24.8 Å². The second kappa shape index (κ2) is 11.1. The monoisotopic (exact) mass is 486 g/mol. The summed E-state index contributed by atoms with van der Waals surface area (Å²) in [7, 11) is 0. The van der Waals surface area contributed by atoms with Gasteiger partial charge >= 0.3 is 0 Å². The number of aryl methyl sites for hydroxylation is 1. The highest BCUT2D eigenvalue weighted by Gasteiger charge is 2.46. The van der Waals surface area contributed by atoms with E-state index < -0.39 is 17.7 Å². The molecule has 186 valence electrons. The number of Topliss-reactive ketones (excluding diaryl/α,β-unsaturated/α-hetero) is 1. The zero-order valence-corrected chi connectivity index (χ0v) is 20.7. The van der Waals surface area contributed by atoms with Crippen molar-refractivity contribution in [2.24, 2.45) is 0 Å². The number of carbonyl (C=O) groups excluding carboxylic acids is 2. The Balaban J connectivity index is 1.86. The van der Waals surface area contributed by atoms with E-state index in [1.807, 2.05) is 45.0 Å². The molecular formula is C29H30N2O5. The van der Waals surface area contributed by atoms with Gasteiger partial charge in [0.1, 0.15) is 5.76 Å². The third-order valence-electron chi connectivity index (χ3n) is 5.99. The van der Waals surface area contributed by atoms with Crippen LogP contribution in [0, 0.1) is 6.92 Å². The van der Waals surface area contributed by atoms with Gasteiger partial charge in [0, 0.05) is 24.5 Å². The molecule has 1 N–H and O–H groups in total. The van der Waals surface area contributed by atoms with Gasteiger partial charge in [0.2, 0.25) is 0 Å². The maximum atomic E-state index is 13.3. The molecule has 1 fully saturated rings. The number of ether oxygens (including phenoxy) is 2. The lowest BCUT2D eigenvalue weighted by Crippen LogP contribution is -2.29. The van der Waals surface area contributed by atoms with Gasteiger partial charge in [-0.3, -0.25) is 14.6 Å². The molecule has 0 spiro atoms. The second-order valence-electron chi connectivity index (χ2n) is 8.64. The van der Waals surface area contributed by atoms with Gasteiger partial charge in [-0.05, 0) is 49.6 Å². The summed E-state index contributed by atoms with van der Waals surface area (Å²) in [6, 6.07) is 15.4. The Morgan fingerprint density at radius 2 is 1.81 bits per heavy atom. The molecule has 1 amide bonds. The van der Waals surface area contributed by atoms with Crippen LogP contribution in [-0.4, -0.2) is 39.9 Å². The van der Waals surface area contributed by atoms with E-state index in [0.29, 0.717) is 35.8 Å². The number of amides is 1. The Morgan fingerprint density at radius 3 is 2.47 bits per heavy atom. The van der Waals surface area contributed by atoms with E-state index in [2.05, 4.69) is 4.98 Å². The normalized spacial score (nSPS) is 16.9. The van der Waals surface area contributed by atoms with Crippen molar-refractivity contribution < 1.29 is 24.2 Å². The third kappa shape index (κ3) is 5.10. The van der Waals surface area contributed by atoms with Gasteiger partial charge in [0.25, 0.3) is 11.7 Å². The summed E-state index contributed by atoms with van der Waals surface area (Å²) in [5.41, 5.74) is 2.94. The van der Waals surface area contributed by atoms with Crippen LogP contribution in [0.25, 0.3) is 5.76 Å². The Labute approximate surface area is 211 Å². The maximum Gasteiger partial charge on any atom is 0.295 e. The highest BCUT2D eigenvalue weighted by atomic mass is 16.5. The lowest BCUT2D eigenvalue weighted by molar-refractivity contribution is -0.140. The number of aliphatic hydroxyl groups is 1. The van der Waals surface area contributed by atoms with Gasteiger partial charge < -0.3 is 19.5 Å². The van der Waals surface area contributed by atoms with Crippen molar-refractivity contribution in [3.8, 4) is 11.5 Å². The minimum absolute atomic E-state index is 0.0393. The fourth-order valence-corrected chi connectivity index (χ4v) is 4.24. The lowest BCUT2D eigenvalue weighted by Gasteiger charge is -2.26. The molecule has 1 aromatic heterocycles. The molecule has 3 aromatic rings. The first kappa shape index (κ1) is 25.0. The topological polar surface area (TPSA) is 89.0 Å². The van der Waals surface area contributed by atoms with Gasteiger partial charge in [-0.1, -0.05) is 48.9 Å². The van der Waals surface area contributed by atoms with E-state index in [9.17, 15) is 14.7 Å². The average Bonchev–Trinajstić information content (AvgIpc) is 3.13. The van der Waals surface area contributed by atoms with Crippen LogP contribution in [0.5, 0.6) is 11.5 Å². The number of aliphatic hydroxyl groups excluding tert-OH is 1. The summed E-state index contributed by atoms with van der Waals surface area (Å²) >= 11 is 0. The number of benzene rings is 2. The SMILES string of the molecule is CCCOc1ccc(C2C(=C(O)c3ccc(C)cc3)C(=O)C(=O)N2Cc2cccnc2)cc1OCC. The number of likely N-dealkylation sites (tertiary alicyclic amines) is 1. The van der Waals surface area contributed by atoms with Crippen LogP contribution < -0.4 is 9.47 Å². The molecule has 1 saturated heterocycles. The molecule has 7 heteroatoms. The predicted molar refractivity (Wildman–Crippen MR) is 137 cm³/mol. The molecule has 0 bridgehead atoms. The van der Waals surface area contributed by atoms with Crippen molar-refractivity contribution in [3.05, 3.63) is 94.8 Å². The number of pyridine rings is 1. The molecule has 1 aliphatic rings. The fourth-order valence-electron chi connectivity index (χ4n) is 4.24. The number of hydrogen-bond acceptors (Lipinski definition) is 6. The number of hydrogen-bond donors (Lipinski definition) is 1. The zero-order valence-electron chi connectivity index (χ0n) is 20.7. The van der Waals surface area contributed by atoms with Crippen LogP contribution in [0.2, 0.25) is 0 Å². The van der Waals surface area contributed by atoms with Crippen LogP contribution >= 0.6 is 0 Å². The third-order valence-corrected chi connectivity index (χ3v) is 5.99. The molecular weight excluding hydrogens is 456 g/mol. The maximum absolute atomic E-state index is 13.3. The van der Waals surface area contributed by atoms with Crippen molar-refractivity contribution in [2.45, 2.75) is 39.8 Å². The van der Waals surface area contributed by atoms with Crippen LogP contribution in [-0.2, 0) is 16.1 Å².